The average Bonchev–Trinajstić information content (AvgIpc) is 3.09. The van der Waals surface area contributed by atoms with E-state index in [-0.39, 0.29) is 12.6 Å². The van der Waals surface area contributed by atoms with E-state index in [9.17, 15) is 4.79 Å². The monoisotopic (exact) mass is 235 g/mol. The van der Waals surface area contributed by atoms with Gasteiger partial charge in [0, 0.05) is 18.2 Å². The van der Waals surface area contributed by atoms with Crippen molar-refractivity contribution in [2.75, 3.05) is 11.4 Å². The molecule has 0 radical (unpaired) electrons. The Kier molecular flexibility index (Phi) is 3.26. The van der Waals surface area contributed by atoms with Crippen LogP contribution in [-0.4, -0.2) is 33.6 Å². The first-order chi connectivity index (χ1) is 8.08. The summed E-state index contributed by atoms with van der Waals surface area (Å²) in [5, 5.41) is 8.90. The van der Waals surface area contributed by atoms with E-state index in [1.165, 1.54) is 0 Å². The van der Waals surface area contributed by atoms with Crippen molar-refractivity contribution in [2.24, 2.45) is 0 Å². The zero-order valence-corrected chi connectivity index (χ0v) is 10.1. The molecule has 1 fully saturated rings. The van der Waals surface area contributed by atoms with E-state index in [1.54, 1.807) is 17.2 Å². The number of carbonyl (C=O) groups is 1. The molecule has 1 aliphatic rings. The van der Waals surface area contributed by atoms with Gasteiger partial charge >= 0.3 is 5.97 Å². The second kappa shape index (κ2) is 4.69. The summed E-state index contributed by atoms with van der Waals surface area (Å²) in [5.41, 5.74) is 0. The second-order valence-electron chi connectivity index (χ2n) is 4.66. The van der Waals surface area contributed by atoms with Crippen LogP contribution in [0.15, 0.2) is 12.3 Å². The standard InChI is InChI=1S/C12H17N3O2/c1-8(2)15(7-11(16)17)10-5-6-13-12(14-10)9-3-4-9/h5-6,8-9H,3-4,7H2,1-2H3,(H,16,17). The van der Waals surface area contributed by atoms with E-state index in [2.05, 4.69) is 9.97 Å². The maximum Gasteiger partial charge on any atom is 0.323 e. The molecular formula is C12H17N3O2. The molecule has 5 heteroatoms. The van der Waals surface area contributed by atoms with Gasteiger partial charge in [-0.1, -0.05) is 0 Å². The molecule has 1 saturated carbocycles. The van der Waals surface area contributed by atoms with Crippen LogP contribution in [0.1, 0.15) is 38.4 Å². The topological polar surface area (TPSA) is 66.3 Å². The van der Waals surface area contributed by atoms with Gasteiger partial charge in [-0.05, 0) is 32.8 Å². The summed E-state index contributed by atoms with van der Waals surface area (Å²) < 4.78 is 0. The molecule has 0 aromatic carbocycles. The van der Waals surface area contributed by atoms with Gasteiger partial charge in [0.25, 0.3) is 0 Å². The summed E-state index contributed by atoms with van der Waals surface area (Å²) >= 11 is 0. The van der Waals surface area contributed by atoms with Gasteiger partial charge in [0.1, 0.15) is 18.2 Å². The summed E-state index contributed by atoms with van der Waals surface area (Å²) in [4.78, 5) is 21.3. The van der Waals surface area contributed by atoms with Crippen molar-refractivity contribution >= 4 is 11.8 Å². The molecule has 0 spiro atoms. The van der Waals surface area contributed by atoms with Crippen LogP contribution in [0.5, 0.6) is 0 Å². The molecule has 5 nitrogen and oxygen atoms in total. The van der Waals surface area contributed by atoms with Crippen LogP contribution in [0.2, 0.25) is 0 Å². The molecule has 1 aromatic heterocycles. The van der Waals surface area contributed by atoms with Crippen LogP contribution in [0.3, 0.4) is 0 Å². The average molecular weight is 235 g/mol. The largest absolute Gasteiger partial charge is 0.480 e. The molecule has 0 atom stereocenters. The molecule has 0 unspecified atom stereocenters. The van der Waals surface area contributed by atoms with E-state index >= 15 is 0 Å². The molecule has 0 bridgehead atoms. The number of carboxylic acids is 1. The lowest BCUT2D eigenvalue weighted by atomic mass is 10.3. The van der Waals surface area contributed by atoms with Crippen LogP contribution in [-0.2, 0) is 4.79 Å². The minimum Gasteiger partial charge on any atom is -0.480 e. The van der Waals surface area contributed by atoms with Crippen molar-refractivity contribution in [3.05, 3.63) is 18.1 Å². The van der Waals surface area contributed by atoms with Crippen LogP contribution < -0.4 is 4.90 Å². The Hall–Kier alpha value is -1.65. The maximum absolute atomic E-state index is 10.8. The van der Waals surface area contributed by atoms with Crippen LogP contribution in [0.25, 0.3) is 0 Å². The van der Waals surface area contributed by atoms with Crippen LogP contribution in [0.4, 0.5) is 5.82 Å². The van der Waals surface area contributed by atoms with E-state index in [0.717, 1.165) is 18.7 Å². The highest BCUT2D eigenvalue weighted by atomic mass is 16.4. The van der Waals surface area contributed by atoms with Gasteiger partial charge in [-0.2, -0.15) is 0 Å². The van der Waals surface area contributed by atoms with Crippen molar-refractivity contribution < 1.29 is 9.90 Å². The highest BCUT2D eigenvalue weighted by Crippen LogP contribution is 2.38. The fraction of sp³-hybridized carbons (Fsp3) is 0.583. The normalized spacial score (nSPS) is 15.0. The Balaban J connectivity index is 2.21. The van der Waals surface area contributed by atoms with Crippen molar-refractivity contribution in [3.63, 3.8) is 0 Å². The van der Waals surface area contributed by atoms with Crippen molar-refractivity contribution in [1.29, 1.82) is 0 Å². The van der Waals surface area contributed by atoms with E-state index in [0.29, 0.717) is 11.7 Å². The Morgan fingerprint density at radius 3 is 2.82 bits per heavy atom. The molecule has 92 valence electrons. The number of carboxylic acid groups (broad SMARTS) is 1. The van der Waals surface area contributed by atoms with Gasteiger partial charge < -0.3 is 10.0 Å². The molecule has 17 heavy (non-hydrogen) atoms. The van der Waals surface area contributed by atoms with Crippen LogP contribution >= 0.6 is 0 Å². The van der Waals surface area contributed by atoms with Crippen LogP contribution in [0, 0.1) is 0 Å². The lowest BCUT2D eigenvalue weighted by molar-refractivity contribution is -0.135. The molecule has 2 rings (SSSR count). The highest BCUT2D eigenvalue weighted by Gasteiger charge is 2.27. The second-order valence-corrected chi connectivity index (χ2v) is 4.66. The van der Waals surface area contributed by atoms with Gasteiger partial charge in [-0.25, -0.2) is 9.97 Å². The number of rotatable bonds is 5. The summed E-state index contributed by atoms with van der Waals surface area (Å²) in [6.07, 6.45) is 4.00. The number of anilines is 1. The summed E-state index contributed by atoms with van der Waals surface area (Å²) in [7, 11) is 0. The molecule has 0 aliphatic heterocycles. The molecule has 1 heterocycles. The molecule has 0 amide bonds. The summed E-state index contributed by atoms with van der Waals surface area (Å²) in [6, 6.07) is 1.88. The first-order valence-electron chi connectivity index (χ1n) is 5.89. The molecule has 1 N–H and O–H groups in total. The third-order valence-corrected chi connectivity index (χ3v) is 2.83. The van der Waals surface area contributed by atoms with Gasteiger partial charge in [0.2, 0.25) is 0 Å². The smallest absolute Gasteiger partial charge is 0.323 e. The predicted octanol–water partition coefficient (Wildman–Crippen LogP) is 1.65. The molecule has 1 aromatic rings. The Bertz CT molecular complexity index is 416. The fourth-order valence-corrected chi connectivity index (χ4v) is 1.74. The maximum atomic E-state index is 10.8. The van der Waals surface area contributed by atoms with Crippen molar-refractivity contribution in [2.45, 2.75) is 38.6 Å². The third-order valence-electron chi connectivity index (χ3n) is 2.83. The fourth-order valence-electron chi connectivity index (χ4n) is 1.74. The first-order valence-corrected chi connectivity index (χ1v) is 5.89. The van der Waals surface area contributed by atoms with E-state index in [1.807, 2.05) is 13.8 Å². The Morgan fingerprint density at radius 2 is 2.29 bits per heavy atom. The quantitative estimate of drug-likeness (QED) is 0.840. The zero-order chi connectivity index (χ0) is 12.4. The number of hydrogen-bond donors (Lipinski definition) is 1. The third kappa shape index (κ3) is 2.93. The van der Waals surface area contributed by atoms with Gasteiger partial charge in [-0.3, -0.25) is 4.79 Å². The van der Waals surface area contributed by atoms with Gasteiger partial charge in [0.05, 0.1) is 0 Å². The SMILES string of the molecule is CC(C)N(CC(=O)O)c1ccnc(C2CC2)n1. The van der Waals surface area contributed by atoms with Gasteiger partial charge in [-0.15, -0.1) is 0 Å². The first kappa shape index (κ1) is 11.8. The molecular weight excluding hydrogens is 218 g/mol. The summed E-state index contributed by atoms with van der Waals surface area (Å²) in [6.45, 7) is 3.89. The van der Waals surface area contributed by atoms with Crippen molar-refractivity contribution in [1.82, 2.24) is 9.97 Å². The number of nitrogens with zero attached hydrogens (tertiary/aromatic N) is 3. The number of aromatic nitrogens is 2. The number of hydrogen-bond acceptors (Lipinski definition) is 4. The zero-order valence-electron chi connectivity index (χ0n) is 10.1. The Labute approximate surface area is 100 Å². The van der Waals surface area contributed by atoms with E-state index in [4.69, 9.17) is 5.11 Å². The highest BCUT2D eigenvalue weighted by molar-refractivity contribution is 5.73. The number of aliphatic carboxylic acids is 1. The minimum absolute atomic E-state index is 0.0290. The lowest BCUT2D eigenvalue weighted by Crippen LogP contribution is -2.36. The lowest BCUT2D eigenvalue weighted by Gasteiger charge is -2.26. The van der Waals surface area contributed by atoms with Crippen molar-refractivity contribution in [3.8, 4) is 0 Å². The summed E-state index contributed by atoms with van der Waals surface area (Å²) in [5.74, 6) is 1.19. The minimum atomic E-state index is -0.842. The molecule has 1 aliphatic carbocycles. The van der Waals surface area contributed by atoms with Gasteiger partial charge in [0.15, 0.2) is 0 Å². The molecule has 0 saturated heterocycles. The Morgan fingerprint density at radius 1 is 1.59 bits per heavy atom. The van der Waals surface area contributed by atoms with E-state index < -0.39 is 5.97 Å². The predicted molar refractivity (Wildman–Crippen MR) is 64.1 cm³/mol.